The Morgan fingerprint density at radius 2 is 2.00 bits per heavy atom. The molecule has 2 rings (SSSR count). The van der Waals surface area contributed by atoms with Crippen molar-refractivity contribution in [2.45, 2.75) is 0 Å². The van der Waals surface area contributed by atoms with Crippen molar-refractivity contribution in [3.05, 3.63) is 35.8 Å². The molecule has 1 aromatic heterocycles. The molecule has 2 aromatic rings. The Morgan fingerprint density at radius 1 is 1.32 bits per heavy atom. The number of carbonyl (C=O) groups is 1. The number of hydrogen-bond acceptors (Lipinski definition) is 5. The van der Waals surface area contributed by atoms with Gasteiger partial charge in [-0.3, -0.25) is 9.52 Å². The molecule has 0 fully saturated rings. The van der Waals surface area contributed by atoms with Gasteiger partial charge in [0, 0.05) is 22.8 Å². The first-order chi connectivity index (χ1) is 8.96. The molecule has 0 aliphatic carbocycles. The van der Waals surface area contributed by atoms with Crippen molar-refractivity contribution < 1.29 is 18.3 Å². The van der Waals surface area contributed by atoms with E-state index in [-0.39, 0.29) is 0 Å². The average molecular weight is 298 g/mol. The largest absolute Gasteiger partial charge is 0.480 e. The number of hydrogen-bond donors (Lipinski definition) is 2. The molecule has 0 saturated carbocycles. The van der Waals surface area contributed by atoms with Crippen LogP contribution in [0.4, 0.5) is 5.69 Å². The number of thiazole rings is 1. The Hall–Kier alpha value is -1.93. The van der Waals surface area contributed by atoms with Crippen molar-refractivity contribution in [2.75, 3.05) is 10.5 Å². The molecule has 8 heteroatoms. The lowest BCUT2D eigenvalue weighted by Gasteiger charge is -2.06. The summed E-state index contributed by atoms with van der Waals surface area (Å²) in [7, 11) is -3.86. The number of aromatic nitrogens is 1. The second-order valence-electron chi connectivity index (χ2n) is 3.67. The summed E-state index contributed by atoms with van der Waals surface area (Å²) >= 11 is 1.48. The van der Waals surface area contributed by atoms with E-state index in [1.54, 1.807) is 30.5 Å². The molecular weight excluding hydrogens is 288 g/mol. The van der Waals surface area contributed by atoms with Gasteiger partial charge in [-0.2, -0.15) is 0 Å². The van der Waals surface area contributed by atoms with E-state index < -0.39 is 21.7 Å². The van der Waals surface area contributed by atoms with Gasteiger partial charge in [-0.15, -0.1) is 11.3 Å². The first-order valence-electron chi connectivity index (χ1n) is 5.18. The fourth-order valence-corrected chi connectivity index (χ4v) is 2.96. The van der Waals surface area contributed by atoms with Crippen LogP contribution in [0.15, 0.2) is 35.8 Å². The second kappa shape index (κ2) is 5.37. The third-order valence-corrected chi connectivity index (χ3v) is 4.15. The van der Waals surface area contributed by atoms with E-state index in [0.717, 1.165) is 10.6 Å². The number of benzene rings is 1. The maximum Gasteiger partial charge on any atom is 0.320 e. The van der Waals surface area contributed by atoms with Crippen LogP contribution >= 0.6 is 11.3 Å². The normalized spacial score (nSPS) is 11.2. The highest BCUT2D eigenvalue weighted by molar-refractivity contribution is 7.93. The van der Waals surface area contributed by atoms with Crippen LogP contribution in [-0.2, 0) is 14.8 Å². The Bertz CT molecular complexity index is 663. The minimum Gasteiger partial charge on any atom is -0.480 e. The SMILES string of the molecule is O=C(O)CS(=O)(=O)Nc1ccc(-c2nccs2)cc1. The molecule has 0 amide bonds. The molecule has 0 aliphatic rings. The summed E-state index contributed by atoms with van der Waals surface area (Å²) in [5, 5.41) is 11.1. The molecule has 1 aromatic carbocycles. The van der Waals surface area contributed by atoms with Gasteiger partial charge in [0.15, 0.2) is 5.75 Å². The fourth-order valence-electron chi connectivity index (χ4n) is 1.43. The third kappa shape index (κ3) is 3.76. The van der Waals surface area contributed by atoms with E-state index in [1.807, 2.05) is 5.38 Å². The van der Waals surface area contributed by atoms with Gasteiger partial charge in [-0.25, -0.2) is 13.4 Å². The molecule has 0 radical (unpaired) electrons. The average Bonchev–Trinajstić information content (AvgIpc) is 2.81. The molecule has 100 valence electrons. The van der Waals surface area contributed by atoms with E-state index in [4.69, 9.17) is 5.11 Å². The van der Waals surface area contributed by atoms with Gasteiger partial charge in [0.2, 0.25) is 10.0 Å². The zero-order valence-electron chi connectivity index (χ0n) is 9.61. The third-order valence-electron chi connectivity index (χ3n) is 2.15. The van der Waals surface area contributed by atoms with Crippen LogP contribution < -0.4 is 4.72 Å². The van der Waals surface area contributed by atoms with Crippen molar-refractivity contribution >= 4 is 33.0 Å². The molecule has 0 atom stereocenters. The van der Waals surface area contributed by atoms with E-state index in [2.05, 4.69) is 9.71 Å². The first-order valence-corrected chi connectivity index (χ1v) is 7.72. The van der Waals surface area contributed by atoms with E-state index in [1.165, 1.54) is 11.3 Å². The van der Waals surface area contributed by atoms with Gasteiger partial charge >= 0.3 is 5.97 Å². The molecule has 6 nitrogen and oxygen atoms in total. The van der Waals surface area contributed by atoms with Crippen molar-refractivity contribution in [3.63, 3.8) is 0 Å². The Kier molecular flexibility index (Phi) is 3.82. The van der Waals surface area contributed by atoms with Crippen LogP contribution in [-0.4, -0.2) is 30.2 Å². The minimum atomic E-state index is -3.86. The Morgan fingerprint density at radius 3 is 2.53 bits per heavy atom. The molecule has 0 spiro atoms. The monoisotopic (exact) mass is 298 g/mol. The highest BCUT2D eigenvalue weighted by Crippen LogP contribution is 2.23. The van der Waals surface area contributed by atoms with E-state index >= 15 is 0 Å². The smallest absolute Gasteiger partial charge is 0.320 e. The number of rotatable bonds is 5. The number of carboxylic acid groups (broad SMARTS) is 1. The summed E-state index contributed by atoms with van der Waals surface area (Å²) in [5.41, 5.74) is 1.19. The Labute approximate surface area is 113 Å². The van der Waals surface area contributed by atoms with Crippen molar-refractivity contribution in [1.82, 2.24) is 4.98 Å². The number of nitrogens with one attached hydrogen (secondary N) is 1. The van der Waals surface area contributed by atoms with Crippen molar-refractivity contribution in [1.29, 1.82) is 0 Å². The summed E-state index contributed by atoms with van der Waals surface area (Å²) < 4.78 is 25.0. The van der Waals surface area contributed by atoms with E-state index in [0.29, 0.717) is 5.69 Å². The highest BCUT2D eigenvalue weighted by atomic mass is 32.2. The molecule has 0 saturated heterocycles. The standard InChI is InChI=1S/C11H10N2O4S2/c14-10(15)7-19(16,17)13-9-3-1-8(2-4-9)11-12-5-6-18-11/h1-6,13H,7H2,(H,14,15). The summed E-state index contributed by atoms with van der Waals surface area (Å²) in [6.07, 6.45) is 1.68. The fraction of sp³-hybridized carbons (Fsp3) is 0.0909. The molecule has 0 bridgehead atoms. The summed E-state index contributed by atoms with van der Waals surface area (Å²) in [5.74, 6) is -2.35. The van der Waals surface area contributed by atoms with Crippen LogP contribution in [0.25, 0.3) is 10.6 Å². The van der Waals surface area contributed by atoms with Crippen LogP contribution in [0.3, 0.4) is 0 Å². The van der Waals surface area contributed by atoms with Crippen LogP contribution in [0.2, 0.25) is 0 Å². The molecule has 19 heavy (non-hydrogen) atoms. The molecule has 0 aliphatic heterocycles. The molecule has 1 heterocycles. The predicted octanol–water partition coefficient (Wildman–Crippen LogP) is 1.64. The number of carboxylic acids is 1. The molecule has 0 unspecified atom stereocenters. The number of nitrogens with zero attached hydrogens (tertiary/aromatic N) is 1. The predicted molar refractivity (Wildman–Crippen MR) is 72.6 cm³/mol. The zero-order chi connectivity index (χ0) is 13.9. The lowest BCUT2D eigenvalue weighted by molar-refractivity contribution is -0.134. The lowest BCUT2D eigenvalue weighted by Crippen LogP contribution is -2.22. The Balaban J connectivity index is 2.13. The number of anilines is 1. The quantitative estimate of drug-likeness (QED) is 0.874. The van der Waals surface area contributed by atoms with Crippen LogP contribution in [0, 0.1) is 0 Å². The van der Waals surface area contributed by atoms with Crippen molar-refractivity contribution in [3.8, 4) is 10.6 Å². The second-order valence-corrected chi connectivity index (χ2v) is 6.29. The van der Waals surface area contributed by atoms with Gasteiger partial charge in [0.05, 0.1) is 0 Å². The number of aliphatic carboxylic acids is 1. The number of sulfonamides is 1. The summed E-state index contributed by atoms with van der Waals surface area (Å²) in [6.45, 7) is 0. The molecular formula is C11H10N2O4S2. The van der Waals surface area contributed by atoms with Crippen LogP contribution in [0.5, 0.6) is 0 Å². The maximum absolute atomic E-state index is 11.4. The summed E-state index contributed by atoms with van der Waals surface area (Å²) in [6, 6.07) is 6.57. The lowest BCUT2D eigenvalue weighted by atomic mass is 10.2. The van der Waals surface area contributed by atoms with Gasteiger partial charge in [0.25, 0.3) is 0 Å². The highest BCUT2D eigenvalue weighted by Gasteiger charge is 2.15. The first kappa shape index (κ1) is 13.5. The zero-order valence-corrected chi connectivity index (χ0v) is 11.2. The summed E-state index contributed by atoms with van der Waals surface area (Å²) in [4.78, 5) is 14.5. The minimum absolute atomic E-state index is 0.321. The topological polar surface area (TPSA) is 96.4 Å². The van der Waals surface area contributed by atoms with Crippen LogP contribution in [0.1, 0.15) is 0 Å². The van der Waals surface area contributed by atoms with Gasteiger partial charge in [0.1, 0.15) is 5.01 Å². The maximum atomic E-state index is 11.4. The van der Waals surface area contributed by atoms with E-state index in [9.17, 15) is 13.2 Å². The van der Waals surface area contributed by atoms with Gasteiger partial charge < -0.3 is 5.11 Å². The van der Waals surface area contributed by atoms with Crippen molar-refractivity contribution in [2.24, 2.45) is 0 Å². The van der Waals surface area contributed by atoms with Gasteiger partial charge in [-0.05, 0) is 24.3 Å². The van der Waals surface area contributed by atoms with Gasteiger partial charge in [-0.1, -0.05) is 0 Å². The molecule has 2 N–H and O–H groups in total.